The molecule has 0 bridgehead atoms. The molecule has 1 aliphatic heterocycles. The van der Waals surface area contributed by atoms with Gasteiger partial charge in [0.1, 0.15) is 0 Å². The average Bonchev–Trinajstić information content (AvgIpc) is 3.36. The zero-order valence-electron chi connectivity index (χ0n) is 19.3. The van der Waals surface area contributed by atoms with E-state index < -0.39 is 0 Å². The van der Waals surface area contributed by atoms with E-state index in [1.165, 1.54) is 0 Å². The molecular formula is C27H26N6O2. The van der Waals surface area contributed by atoms with Gasteiger partial charge in [-0.1, -0.05) is 31.0 Å². The Kier molecular flexibility index (Phi) is 6.40. The summed E-state index contributed by atoms with van der Waals surface area (Å²) in [4.78, 5) is 36.4. The lowest BCUT2D eigenvalue weighted by Crippen LogP contribution is -2.39. The molecule has 8 heteroatoms. The molecule has 2 heterocycles. The fourth-order valence-electron chi connectivity index (χ4n) is 4.82. The average molecular weight is 467 g/mol. The molecule has 35 heavy (non-hydrogen) atoms. The fourth-order valence-corrected chi connectivity index (χ4v) is 4.82. The van der Waals surface area contributed by atoms with Crippen LogP contribution in [0.15, 0.2) is 54.7 Å². The van der Waals surface area contributed by atoms with Gasteiger partial charge in [-0.2, -0.15) is 5.26 Å². The third kappa shape index (κ3) is 4.85. The predicted molar refractivity (Wildman–Crippen MR) is 133 cm³/mol. The van der Waals surface area contributed by atoms with E-state index in [0.717, 1.165) is 48.2 Å². The standard InChI is InChI=1S/C27H26N6O2/c28-14-5-15-33(21-6-1-2-7-21)26(35)18-10-12-20(13-11-18)30-27-29-17-19-16-24(34)31-23-9-4-3-8-22(23)25(19)32-27/h3-4,8-13,17,21H,1-2,5-7,15-16H2,(H,31,34)(H,29,30,32). The number of carbonyl (C=O) groups excluding carboxylic acids is 2. The van der Waals surface area contributed by atoms with Crippen molar-refractivity contribution in [2.45, 2.75) is 44.6 Å². The number of para-hydroxylation sites is 1. The Morgan fingerprint density at radius 2 is 1.91 bits per heavy atom. The first-order valence-electron chi connectivity index (χ1n) is 11.9. The highest BCUT2D eigenvalue weighted by Gasteiger charge is 2.27. The van der Waals surface area contributed by atoms with E-state index >= 15 is 0 Å². The van der Waals surface area contributed by atoms with E-state index in [1.54, 1.807) is 18.3 Å². The molecule has 0 saturated heterocycles. The molecule has 2 amide bonds. The van der Waals surface area contributed by atoms with Gasteiger partial charge in [0.05, 0.1) is 30.3 Å². The second-order valence-electron chi connectivity index (χ2n) is 8.89. The van der Waals surface area contributed by atoms with Crippen molar-refractivity contribution in [3.05, 3.63) is 65.9 Å². The van der Waals surface area contributed by atoms with Gasteiger partial charge >= 0.3 is 0 Å². The molecule has 2 aliphatic rings. The highest BCUT2D eigenvalue weighted by molar-refractivity contribution is 6.00. The summed E-state index contributed by atoms with van der Waals surface area (Å²) in [6.45, 7) is 0.460. The van der Waals surface area contributed by atoms with Crippen molar-refractivity contribution in [1.82, 2.24) is 14.9 Å². The van der Waals surface area contributed by atoms with Crippen LogP contribution in [-0.4, -0.2) is 39.3 Å². The summed E-state index contributed by atoms with van der Waals surface area (Å²) >= 11 is 0. The minimum Gasteiger partial charge on any atom is -0.335 e. The number of nitriles is 1. The van der Waals surface area contributed by atoms with Crippen LogP contribution in [0, 0.1) is 11.3 Å². The summed E-state index contributed by atoms with van der Waals surface area (Å²) in [7, 11) is 0. The lowest BCUT2D eigenvalue weighted by Gasteiger charge is -2.28. The molecule has 3 aromatic rings. The van der Waals surface area contributed by atoms with Crippen LogP contribution >= 0.6 is 0 Å². The molecule has 2 N–H and O–H groups in total. The minimum absolute atomic E-state index is 0.0336. The van der Waals surface area contributed by atoms with Gasteiger partial charge in [0.25, 0.3) is 5.91 Å². The van der Waals surface area contributed by atoms with Gasteiger partial charge in [0, 0.05) is 41.2 Å². The van der Waals surface area contributed by atoms with Crippen LogP contribution in [0.3, 0.4) is 0 Å². The van der Waals surface area contributed by atoms with Crippen molar-refractivity contribution in [3.63, 3.8) is 0 Å². The minimum atomic E-state index is -0.0952. The lowest BCUT2D eigenvalue weighted by atomic mass is 10.1. The second kappa shape index (κ2) is 9.94. The van der Waals surface area contributed by atoms with Gasteiger partial charge in [-0.15, -0.1) is 0 Å². The molecule has 0 unspecified atom stereocenters. The van der Waals surface area contributed by atoms with Crippen molar-refractivity contribution >= 4 is 29.1 Å². The number of carbonyl (C=O) groups is 2. The number of amides is 2. The Morgan fingerprint density at radius 1 is 1.14 bits per heavy atom. The summed E-state index contributed by atoms with van der Waals surface area (Å²) in [6.07, 6.45) is 6.47. The highest BCUT2D eigenvalue weighted by Crippen LogP contribution is 2.33. The zero-order valence-corrected chi connectivity index (χ0v) is 19.3. The van der Waals surface area contributed by atoms with E-state index in [1.807, 2.05) is 41.3 Å². The monoisotopic (exact) mass is 466 g/mol. The number of fused-ring (bicyclic) bond motifs is 3. The van der Waals surface area contributed by atoms with E-state index in [-0.39, 0.29) is 24.3 Å². The number of nitrogens with one attached hydrogen (secondary N) is 2. The van der Waals surface area contributed by atoms with E-state index in [0.29, 0.717) is 30.2 Å². The van der Waals surface area contributed by atoms with Crippen LogP contribution in [0.5, 0.6) is 0 Å². The van der Waals surface area contributed by atoms with Gasteiger partial charge in [0.2, 0.25) is 11.9 Å². The van der Waals surface area contributed by atoms with Crippen LogP contribution < -0.4 is 10.6 Å². The number of hydrogen-bond donors (Lipinski definition) is 2. The largest absolute Gasteiger partial charge is 0.335 e. The van der Waals surface area contributed by atoms with Gasteiger partial charge in [-0.05, 0) is 43.2 Å². The molecule has 8 nitrogen and oxygen atoms in total. The Bertz CT molecular complexity index is 1290. The van der Waals surface area contributed by atoms with Gasteiger partial charge in [0.15, 0.2) is 0 Å². The number of nitrogens with zero attached hydrogens (tertiary/aromatic N) is 4. The van der Waals surface area contributed by atoms with Crippen molar-refractivity contribution in [3.8, 4) is 17.3 Å². The van der Waals surface area contributed by atoms with Crippen molar-refractivity contribution in [2.75, 3.05) is 17.2 Å². The molecule has 2 aromatic carbocycles. The fraction of sp³-hybridized carbons (Fsp3) is 0.296. The first-order valence-corrected chi connectivity index (χ1v) is 11.9. The predicted octanol–water partition coefficient (Wildman–Crippen LogP) is 4.68. The Morgan fingerprint density at radius 3 is 2.69 bits per heavy atom. The topological polar surface area (TPSA) is 111 Å². The quantitative estimate of drug-likeness (QED) is 0.546. The maximum atomic E-state index is 13.2. The van der Waals surface area contributed by atoms with Crippen molar-refractivity contribution in [2.24, 2.45) is 0 Å². The Balaban J connectivity index is 1.35. The number of benzene rings is 2. The third-order valence-electron chi connectivity index (χ3n) is 6.55. The molecule has 5 rings (SSSR count). The second-order valence-corrected chi connectivity index (χ2v) is 8.89. The normalized spacial score (nSPS) is 14.8. The molecule has 176 valence electrons. The number of aromatic nitrogens is 2. The molecule has 1 aliphatic carbocycles. The molecule has 0 atom stereocenters. The van der Waals surface area contributed by atoms with Crippen LogP contribution in [0.2, 0.25) is 0 Å². The summed E-state index contributed by atoms with van der Waals surface area (Å²) in [5.41, 5.74) is 4.41. The number of anilines is 3. The van der Waals surface area contributed by atoms with Gasteiger partial charge in [-0.3, -0.25) is 9.59 Å². The van der Waals surface area contributed by atoms with Crippen molar-refractivity contribution < 1.29 is 9.59 Å². The number of rotatable bonds is 6. The summed E-state index contributed by atoms with van der Waals surface area (Å²) in [5.74, 6) is 0.282. The molecule has 1 saturated carbocycles. The van der Waals surface area contributed by atoms with Crippen LogP contribution in [-0.2, 0) is 11.2 Å². The maximum absolute atomic E-state index is 13.2. The van der Waals surface area contributed by atoms with Crippen LogP contribution in [0.25, 0.3) is 11.3 Å². The van der Waals surface area contributed by atoms with E-state index in [4.69, 9.17) is 10.2 Å². The first-order chi connectivity index (χ1) is 17.1. The van der Waals surface area contributed by atoms with Crippen LogP contribution in [0.1, 0.15) is 48.0 Å². The van der Waals surface area contributed by atoms with Crippen molar-refractivity contribution in [1.29, 1.82) is 5.26 Å². The highest BCUT2D eigenvalue weighted by atomic mass is 16.2. The van der Waals surface area contributed by atoms with E-state index in [2.05, 4.69) is 21.7 Å². The first kappa shape index (κ1) is 22.5. The molecule has 0 radical (unpaired) electrons. The molecular weight excluding hydrogens is 440 g/mol. The summed E-state index contributed by atoms with van der Waals surface area (Å²) in [5, 5.41) is 15.1. The number of hydrogen-bond acceptors (Lipinski definition) is 6. The smallest absolute Gasteiger partial charge is 0.254 e. The zero-order chi connectivity index (χ0) is 24.2. The maximum Gasteiger partial charge on any atom is 0.254 e. The Hall–Kier alpha value is -4.25. The third-order valence-corrected chi connectivity index (χ3v) is 6.55. The van der Waals surface area contributed by atoms with Gasteiger partial charge < -0.3 is 15.5 Å². The summed E-state index contributed by atoms with van der Waals surface area (Å²) in [6, 6.07) is 17.2. The molecule has 1 aromatic heterocycles. The lowest BCUT2D eigenvalue weighted by molar-refractivity contribution is -0.115. The van der Waals surface area contributed by atoms with Crippen LogP contribution in [0.4, 0.5) is 17.3 Å². The summed E-state index contributed by atoms with van der Waals surface area (Å²) < 4.78 is 0. The molecule has 1 fully saturated rings. The van der Waals surface area contributed by atoms with E-state index in [9.17, 15) is 9.59 Å². The molecule has 0 spiro atoms. The Labute approximate surface area is 204 Å². The SMILES string of the molecule is N#CCCN(C(=O)c1ccc(Nc2ncc3c(n2)-c2ccccc2NC(=O)C3)cc1)C1CCCC1. The van der Waals surface area contributed by atoms with Gasteiger partial charge in [-0.25, -0.2) is 9.97 Å².